The molecule has 0 heterocycles. The molecule has 1 rings (SSSR count). The van der Waals surface area contributed by atoms with Crippen molar-refractivity contribution in [2.24, 2.45) is 0 Å². The van der Waals surface area contributed by atoms with Crippen LogP contribution in [0, 0.1) is 22.5 Å². The summed E-state index contributed by atoms with van der Waals surface area (Å²) >= 11 is 0. The van der Waals surface area contributed by atoms with Crippen LogP contribution in [-0.4, -0.2) is 28.9 Å². The molecule has 1 aromatic carbocycles. The van der Waals surface area contributed by atoms with Gasteiger partial charge in [-0.05, 0) is 12.5 Å². The first-order valence-electron chi connectivity index (χ1n) is 5.82. The molecule has 6 heteroatoms. The Labute approximate surface area is 111 Å². The molecule has 1 N–H and O–H groups in total. The van der Waals surface area contributed by atoms with Crippen LogP contribution in [0.25, 0.3) is 0 Å². The van der Waals surface area contributed by atoms with Gasteiger partial charge in [0.25, 0.3) is 5.69 Å². The molecule has 100 valence electrons. The van der Waals surface area contributed by atoms with E-state index in [0.717, 1.165) is 6.42 Å². The van der Waals surface area contributed by atoms with Gasteiger partial charge in [0.2, 0.25) is 0 Å². The molecule has 0 unspecified atom stereocenters. The number of urea groups is 1. The summed E-state index contributed by atoms with van der Waals surface area (Å²) in [4.78, 5) is 23.5. The predicted octanol–water partition coefficient (Wildman–Crippen LogP) is 2.47. The summed E-state index contributed by atoms with van der Waals surface area (Å²) in [5, 5.41) is 13.2. The number of hydrogen-bond donors (Lipinski definition) is 1. The van der Waals surface area contributed by atoms with Gasteiger partial charge in [0, 0.05) is 24.4 Å². The Hall–Kier alpha value is -2.55. The van der Waals surface area contributed by atoms with E-state index in [9.17, 15) is 14.9 Å². The quantitative estimate of drug-likeness (QED) is 0.502. The molecule has 0 radical (unpaired) electrons. The Kier molecular flexibility index (Phi) is 5.35. The summed E-state index contributed by atoms with van der Waals surface area (Å²) in [6.45, 7) is 2.67. The van der Waals surface area contributed by atoms with Gasteiger partial charge in [-0.1, -0.05) is 18.9 Å². The first-order chi connectivity index (χ1) is 9.08. The number of benzene rings is 1. The lowest BCUT2D eigenvalue weighted by molar-refractivity contribution is -0.384. The van der Waals surface area contributed by atoms with E-state index in [1.165, 1.54) is 23.1 Å². The minimum Gasteiger partial charge on any atom is -0.313 e. The first-order valence-corrected chi connectivity index (χ1v) is 5.82. The molecule has 0 spiro atoms. The predicted molar refractivity (Wildman–Crippen MR) is 72.8 cm³/mol. The first kappa shape index (κ1) is 14.5. The van der Waals surface area contributed by atoms with Gasteiger partial charge in [-0.25, -0.2) is 4.79 Å². The lowest BCUT2D eigenvalue weighted by Crippen LogP contribution is -2.35. The molecule has 0 saturated heterocycles. The van der Waals surface area contributed by atoms with Gasteiger partial charge < -0.3 is 10.2 Å². The SMILES string of the molecule is C#CCN(CCC)C(=O)Nc1cccc([N+](=O)[O-])c1. The molecule has 0 fully saturated rings. The Morgan fingerprint density at radius 1 is 1.58 bits per heavy atom. The van der Waals surface area contributed by atoms with Crippen molar-refractivity contribution >= 4 is 17.4 Å². The van der Waals surface area contributed by atoms with E-state index in [1.807, 2.05) is 6.92 Å². The zero-order valence-corrected chi connectivity index (χ0v) is 10.6. The summed E-state index contributed by atoms with van der Waals surface area (Å²) in [5.41, 5.74) is 0.300. The van der Waals surface area contributed by atoms with Crippen LogP contribution in [0.1, 0.15) is 13.3 Å². The fourth-order valence-electron chi connectivity index (χ4n) is 1.53. The lowest BCUT2D eigenvalue weighted by atomic mass is 10.3. The molecule has 0 aliphatic carbocycles. The van der Waals surface area contributed by atoms with Crippen LogP contribution in [-0.2, 0) is 0 Å². The molecule has 6 nitrogen and oxygen atoms in total. The number of nitro benzene ring substituents is 1. The standard InChI is InChI=1S/C13H15N3O3/c1-3-8-15(9-4-2)13(17)14-11-6-5-7-12(10-11)16(18)19/h1,5-7,10H,4,8-9H2,2H3,(H,14,17). The number of nitrogens with one attached hydrogen (secondary N) is 1. The molecule has 0 aliphatic rings. The van der Waals surface area contributed by atoms with Crippen molar-refractivity contribution in [1.29, 1.82) is 0 Å². The third-order valence-electron chi connectivity index (χ3n) is 2.37. The van der Waals surface area contributed by atoms with Crippen molar-refractivity contribution in [3.05, 3.63) is 34.4 Å². The molecular weight excluding hydrogens is 246 g/mol. The number of terminal acetylenes is 1. The third-order valence-corrected chi connectivity index (χ3v) is 2.37. The van der Waals surface area contributed by atoms with Gasteiger partial charge in [-0.3, -0.25) is 10.1 Å². The molecule has 2 amide bonds. The summed E-state index contributed by atoms with van der Waals surface area (Å²) in [5.74, 6) is 2.41. The summed E-state index contributed by atoms with van der Waals surface area (Å²) in [6, 6.07) is 5.41. The zero-order valence-electron chi connectivity index (χ0n) is 10.6. The number of rotatable bonds is 5. The van der Waals surface area contributed by atoms with Crippen LogP contribution in [0.3, 0.4) is 0 Å². The molecule has 0 atom stereocenters. The fraction of sp³-hybridized carbons (Fsp3) is 0.308. The van der Waals surface area contributed by atoms with Crippen molar-refractivity contribution in [3.8, 4) is 12.3 Å². The minimum absolute atomic E-state index is 0.0724. The summed E-state index contributed by atoms with van der Waals surface area (Å²) in [6.07, 6.45) is 5.98. The lowest BCUT2D eigenvalue weighted by Gasteiger charge is -2.19. The second-order valence-corrected chi connectivity index (χ2v) is 3.86. The average Bonchev–Trinajstić information content (AvgIpc) is 2.38. The molecular formula is C13H15N3O3. The van der Waals surface area contributed by atoms with Gasteiger partial charge in [-0.2, -0.15) is 0 Å². The van der Waals surface area contributed by atoms with Crippen LogP contribution >= 0.6 is 0 Å². The smallest absolute Gasteiger partial charge is 0.313 e. The Balaban J connectivity index is 2.77. The van der Waals surface area contributed by atoms with E-state index < -0.39 is 4.92 Å². The van der Waals surface area contributed by atoms with Gasteiger partial charge in [-0.15, -0.1) is 6.42 Å². The van der Waals surface area contributed by atoms with E-state index in [2.05, 4.69) is 11.2 Å². The highest BCUT2D eigenvalue weighted by molar-refractivity contribution is 5.89. The van der Waals surface area contributed by atoms with E-state index in [1.54, 1.807) is 6.07 Å². The number of anilines is 1. The highest BCUT2D eigenvalue weighted by Crippen LogP contribution is 2.17. The van der Waals surface area contributed by atoms with Crippen LogP contribution in [0.15, 0.2) is 24.3 Å². The maximum absolute atomic E-state index is 11.9. The average molecular weight is 261 g/mol. The second-order valence-electron chi connectivity index (χ2n) is 3.86. The maximum Gasteiger partial charge on any atom is 0.322 e. The molecule has 19 heavy (non-hydrogen) atoms. The van der Waals surface area contributed by atoms with Crippen molar-refractivity contribution in [3.63, 3.8) is 0 Å². The highest BCUT2D eigenvalue weighted by Gasteiger charge is 2.13. The number of nitro groups is 1. The second kappa shape index (κ2) is 7.01. The Morgan fingerprint density at radius 2 is 2.32 bits per heavy atom. The van der Waals surface area contributed by atoms with Crippen LogP contribution in [0.5, 0.6) is 0 Å². The van der Waals surface area contributed by atoms with E-state index in [4.69, 9.17) is 6.42 Å². The molecule has 0 saturated carbocycles. The van der Waals surface area contributed by atoms with Crippen LogP contribution in [0.4, 0.5) is 16.2 Å². The maximum atomic E-state index is 11.9. The van der Waals surface area contributed by atoms with E-state index in [0.29, 0.717) is 12.2 Å². The summed E-state index contributed by atoms with van der Waals surface area (Å²) in [7, 11) is 0. The Bertz CT molecular complexity index is 508. The number of amides is 2. The van der Waals surface area contributed by atoms with Gasteiger partial charge >= 0.3 is 6.03 Å². The number of carbonyl (C=O) groups is 1. The Morgan fingerprint density at radius 3 is 2.89 bits per heavy atom. The fourth-order valence-corrected chi connectivity index (χ4v) is 1.53. The normalized spacial score (nSPS) is 9.47. The van der Waals surface area contributed by atoms with Crippen LogP contribution < -0.4 is 5.32 Å². The molecule has 0 bridgehead atoms. The van der Waals surface area contributed by atoms with Crippen molar-refractivity contribution in [1.82, 2.24) is 4.90 Å². The van der Waals surface area contributed by atoms with E-state index >= 15 is 0 Å². The van der Waals surface area contributed by atoms with Gasteiger partial charge in [0.15, 0.2) is 0 Å². The molecule has 0 aliphatic heterocycles. The number of nitrogens with zero attached hydrogens (tertiary/aromatic N) is 2. The third kappa shape index (κ3) is 4.32. The van der Waals surface area contributed by atoms with Crippen molar-refractivity contribution in [2.75, 3.05) is 18.4 Å². The zero-order chi connectivity index (χ0) is 14.3. The minimum atomic E-state index is -0.513. The molecule has 0 aromatic heterocycles. The monoisotopic (exact) mass is 261 g/mol. The number of non-ortho nitro benzene ring substituents is 1. The van der Waals surface area contributed by atoms with Crippen molar-refractivity contribution < 1.29 is 9.72 Å². The summed E-state index contributed by atoms with van der Waals surface area (Å²) < 4.78 is 0. The van der Waals surface area contributed by atoms with Crippen LogP contribution in [0.2, 0.25) is 0 Å². The van der Waals surface area contributed by atoms with Gasteiger partial charge in [0.05, 0.1) is 11.5 Å². The number of carbonyl (C=O) groups excluding carboxylic acids is 1. The number of hydrogen-bond acceptors (Lipinski definition) is 3. The topological polar surface area (TPSA) is 75.5 Å². The van der Waals surface area contributed by atoms with E-state index in [-0.39, 0.29) is 18.3 Å². The van der Waals surface area contributed by atoms with Gasteiger partial charge in [0.1, 0.15) is 0 Å². The highest BCUT2D eigenvalue weighted by atomic mass is 16.6. The largest absolute Gasteiger partial charge is 0.322 e. The molecule has 1 aromatic rings. The van der Waals surface area contributed by atoms with Crippen molar-refractivity contribution in [2.45, 2.75) is 13.3 Å².